The minimum atomic E-state index is -1.14. The lowest BCUT2D eigenvalue weighted by Gasteiger charge is -2.27. The first kappa shape index (κ1) is 14.8. The monoisotopic (exact) mass is 333 g/mol. The van der Waals surface area contributed by atoms with Gasteiger partial charge in [-0.15, -0.1) is 0 Å². The first-order valence-corrected chi connectivity index (χ1v) is 7.05. The number of hydrogen-bond donors (Lipinski definition) is 1. The molecule has 3 nitrogen and oxygen atoms in total. The topological polar surface area (TPSA) is 52.3 Å². The van der Waals surface area contributed by atoms with E-state index in [-0.39, 0.29) is 0 Å². The highest BCUT2D eigenvalue weighted by Crippen LogP contribution is 2.27. The van der Waals surface area contributed by atoms with E-state index in [1.165, 1.54) is 0 Å². The Morgan fingerprint density at radius 2 is 1.75 bits per heavy atom. The molecule has 20 heavy (non-hydrogen) atoms. The number of rotatable bonds is 5. The zero-order valence-corrected chi connectivity index (χ0v) is 12.8. The first-order valence-electron chi connectivity index (χ1n) is 6.26. The van der Waals surface area contributed by atoms with E-state index >= 15 is 0 Å². The summed E-state index contributed by atoms with van der Waals surface area (Å²) in [5, 5.41) is 0. The Kier molecular flexibility index (Phi) is 4.57. The lowest BCUT2D eigenvalue weighted by Crippen LogP contribution is -2.40. The van der Waals surface area contributed by atoms with Crippen molar-refractivity contribution in [3.05, 3.63) is 70.2 Å². The summed E-state index contributed by atoms with van der Waals surface area (Å²) in [4.78, 5) is 11.8. The fourth-order valence-electron chi connectivity index (χ4n) is 1.87. The van der Waals surface area contributed by atoms with Crippen LogP contribution < -0.4 is 5.73 Å². The van der Waals surface area contributed by atoms with Crippen LogP contribution in [-0.4, -0.2) is 5.91 Å². The van der Waals surface area contributed by atoms with Gasteiger partial charge in [0.2, 0.25) is 0 Å². The quantitative estimate of drug-likeness (QED) is 0.911. The number of halogens is 1. The molecule has 0 aliphatic rings. The third-order valence-electron chi connectivity index (χ3n) is 3.24. The normalized spacial score (nSPS) is 13.7. The van der Waals surface area contributed by atoms with Gasteiger partial charge in [0.05, 0.1) is 6.61 Å². The van der Waals surface area contributed by atoms with Crippen molar-refractivity contribution in [3.63, 3.8) is 0 Å². The smallest absolute Gasteiger partial charge is 0.254 e. The Morgan fingerprint density at radius 1 is 1.15 bits per heavy atom. The van der Waals surface area contributed by atoms with Crippen molar-refractivity contribution in [2.24, 2.45) is 5.73 Å². The summed E-state index contributed by atoms with van der Waals surface area (Å²) in [6, 6.07) is 17.1. The standard InChI is InChI=1S/C16H16BrNO2/c1-16(15(18)19,13-7-9-14(17)10-8-13)20-11-12-5-3-2-4-6-12/h2-10H,11H2,1H3,(H2,18,19). The summed E-state index contributed by atoms with van der Waals surface area (Å²) in [5.41, 5.74) is 6.12. The van der Waals surface area contributed by atoms with Gasteiger partial charge >= 0.3 is 0 Å². The van der Waals surface area contributed by atoms with Crippen molar-refractivity contribution < 1.29 is 9.53 Å². The molecular formula is C16H16BrNO2. The molecule has 0 aromatic heterocycles. The average molecular weight is 334 g/mol. The lowest BCUT2D eigenvalue weighted by molar-refractivity contribution is -0.144. The van der Waals surface area contributed by atoms with Crippen LogP contribution in [0.25, 0.3) is 0 Å². The SMILES string of the molecule is CC(OCc1ccccc1)(C(N)=O)c1ccc(Br)cc1. The second-order valence-corrected chi connectivity index (χ2v) is 5.59. The first-order chi connectivity index (χ1) is 9.52. The minimum absolute atomic E-state index is 0.330. The summed E-state index contributed by atoms with van der Waals surface area (Å²) in [6.07, 6.45) is 0. The Bertz CT molecular complexity index is 583. The van der Waals surface area contributed by atoms with Crippen LogP contribution in [0.5, 0.6) is 0 Å². The molecule has 0 aliphatic heterocycles. The summed E-state index contributed by atoms with van der Waals surface area (Å²) >= 11 is 3.37. The van der Waals surface area contributed by atoms with Gasteiger partial charge in [0.1, 0.15) is 0 Å². The number of ether oxygens (including phenoxy) is 1. The van der Waals surface area contributed by atoms with Gasteiger partial charge in [0.15, 0.2) is 5.60 Å². The molecule has 0 heterocycles. The molecule has 0 radical (unpaired) electrons. The van der Waals surface area contributed by atoms with Crippen molar-refractivity contribution in [3.8, 4) is 0 Å². The Labute approximate surface area is 126 Å². The Balaban J connectivity index is 2.21. The molecule has 2 aromatic rings. The Hall–Kier alpha value is -1.65. The van der Waals surface area contributed by atoms with Gasteiger partial charge in [-0.25, -0.2) is 0 Å². The summed E-state index contributed by atoms with van der Waals surface area (Å²) < 4.78 is 6.75. The van der Waals surface area contributed by atoms with Gasteiger partial charge < -0.3 is 10.5 Å². The molecule has 0 bridgehead atoms. The van der Waals surface area contributed by atoms with E-state index in [0.717, 1.165) is 15.6 Å². The van der Waals surface area contributed by atoms with E-state index in [9.17, 15) is 4.79 Å². The maximum atomic E-state index is 11.8. The molecule has 0 aliphatic carbocycles. The molecule has 0 saturated heterocycles. The third-order valence-corrected chi connectivity index (χ3v) is 3.76. The molecule has 104 valence electrons. The van der Waals surface area contributed by atoms with Gasteiger partial charge in [0.25, 0.3) is 5.91 Å². The number of carbonyl (C=O) groups excluding carboxylic acids is 1. The van der Waals surface area contributed by atoms with Crippen molar-refractivity contribution in [2.75, 3.05) is 0 Å². The number of amides is 1. The van der Waals surface area contributed by atoms with Crippen molar-refractivity contribution in [1.82, 2.24) is 0 Å². The van der Waals surface area contributed by atoms with Gasteiger partial charge in [-0.2, -0.15) is 0 Å². The number of hydrogen-bond acceptors (Lipinski definition) is 2. The fraction of sp³-hybridized carbons (Fsp3) is 0.188. The van der Waals surface area contributed by atoms with E-state index < -0.39 is 11.5 Å². The number of primary amides is 1. The second-order valence-electron chi connectivity index (χ2n) is 4.68. The molecule has 0 spiro atoms. The van der Waals surface area contributed by atoms with E-state index in [1.54, 1.807) is 6.92 Å². The predicted molar refractivity (Wildman–Crippen MR) is 81.9 cm³/mol. The molecule has 4 heteroatoms. The zero-order valence-electron chi connectivity index (χ0n) is 11.2. The number of benzene rings is 2. The minimum Gasteiger partial charge on any atom is -0.367 e. The average Bonchev–Trinajstić information content (AvgIpc) is 2.46. The van der Waals surface area contributed by atoms with Crippen LogP contribution in [0, 0.1) is 0 Å². The second kappa shape index (κ2) is 6.20. The zero-order chi connectivity index (χ0) is 14.6. The molecule has 1 amide bonds. The fourth-order valence-corrected chi connectivity index (χ4v) is 2.13. The molecular weight excluding hydrogens is 318 g/mol. The maximum absolute atomic E-state index is 11.8. The van der Waals surface area contributed by atoms with E-state index in [2.05, 4.69) is 15.9 Å². The van der Waals surface area contributed by atoms with Crippen LogP contribution in [0.3, 0.4) is 0 Å². The lowest BCUT2D eigenvalue weighted by atomic mass is 9.95. The van der Waals surface area contributed by atoms with E-state index in [4.69, 9.17) is 10.5 Å². The number of carbonyl (C=O) groups is 1. The summed E-state index contributed by atoms with van der Waals surface area (Å²) in [6.45, 7) is 2.03. The van der Waals surface area contributed by atoms with Crippen molar-refractivity contribution in [2.45, 2.75) is 19.1 Å². The van der Waals surface area contributed by atoms with Gasteiger partial charge in [-0.1, -0.05) is 58.4 Å². The molecule has 2 aromatic carbocycles. The highest BCUT2D eigenvalue weighted by Gasteiger charge is 2.34. The van der Waals surface area contributed by atoms with Crippen LogP contribution in [-0.2, 0) is 21.7 Å². The summed E-state index contributed by atoms with van der Waals surface area (Å²) in [7, 11) is 0. The molecule has 1 atom stereocenters. The molecule has 0 fully saturated rings. The van der Waals surface area contributed by atoms with Gasteiger partial charge in [-0.05, 0) is 30.2 Å². The largest absolute Gasteiger partial charge is 0.367 e. The molecule has 0 saturated carbocycles. The van der Waals surface area contributed by atoms with Gasteiger partial charge in [0, 0.05) is 4.47 Å². The summed E-state index contributed by atoms with van der Waals surface area (Å²) in [5.74, 6) is -0.504. The Morgan fingerprint density at radius 3 is 2.30 bits per heavy atom. The van der Waals surface area contributed by atoms with Gasteiger partial charge in [-0.3, -0.25) is 4.79 Å². The maximum Gasteiger partial charge on any atom is 0.254 e. The van der Waals surface area contributed by atoms with Crippen LogP contribution >= 0.6 is 15.9 Å². The van der Waals surface area contributed by atoms with E-state index in [1.807, 2.05) is 54.6 Å². The molecule has 2 N–H and O–H groups in total. The van der Waals surface area contributed by atoms with Crippen molar-refractivity contribution >= 4 is 21.8 Å². The van der Waals surface area contributed by atoms with Crippen LogP contribution in [0.4, 0.5) is 0 Å². The molecule has 1 unspecified atom stereocenters. The van der Waals surface area contributed by atoms with Crippen LogP contribution in [0.2, 0.25) is 0 Å². The highest BCUT2D eigenvalue weighted by atomic mass is 79.9. The van der Waals surface area contributed by atoms with E-state index in [0.29, 0.717) is 6.61 Å². The van der Waals surface area contributed by atoms with Crippen LogP contribution in [0.1, 0.15) is 18.1 Å². The third kappa shape index (κ3) is 3.26. The number of nitrogens with two attached hydrogens (primary N) is 1. The highest BCUT2D eigenvalue weighted by molar-refractivity contribution is 9.10. The predicted octanol–water partition coefficient (Wildman–Crippen LogP) is 3.37. The van der Waals surface area contributed by atoms with Crippen molar-refractivity contribution in [1.29, 1.82) is 0 Å². The molecule has 2 rings (SSSR count). The van der Waals surface area contributed by atoms with Crippen LogP contribution in [0.15, 0.2) is 59.1 Å².